The van der Waals surface area contributed by atoms with Gasteiger partial charge in [-0.2, -0.15) is 0 Å². The molecule has 4 heteroatoms. The van der Waals surface area contributed by atoms with Crippen molar-refractivity contribution in [2.45, 2.75) is 132 Å². The molecule has 4 aromatic heterocycles. The summed E-state index contributed by atoms with van der Waals surface area (Å²) >= 11 is 0. The summed E-state index contributed by atoms with van der Waals surface area (Å²) in [7, 11) is 8.47. The van der Waals surface area contributed by atoms with E-state index in [1.54, 1.807) is 0 Å². The Bertz CT molecular complexity index is 5120. The lowest BCUT2D eigenvalue weighted by Gasteiger charge is -2.23. The second-order valence-corrected chi connectivity index (χ2v) is 30.2. The third-order valence-electron chi connectivity index (χ3n) is 22.2. The van der Waals surface area contributed by atoms with Gasteiger partial charge in [0.2, 0.25) is 22.8 Å². The molecule has 4 nitrogen and oxygen atoms in total. The maximum atomic E-state index is 2.42. The van der Waals surface area contributed by atoms with Gasteiger partial charge in [-0.1, -0.05) is 164 Å². The van der Waals surface area contributed by atoms with Crippen LogP contribution in [-0.4, -0.2) is 0 Å². The van der Waals surface area contributed by atoms with E-state index in [1.165, 1.54) is 179 Å². The van der Waals surface area contributed by atoms with Gasteiger partial charge in [-0.3, -0.25) is 0 Å². The fraction of sp³-hybridized carbons (Fsp3) is 0.261. The third kappa shape index (κ3) is 10.9. The predicted molar refractivity (Wildman–Crippen MR) is 400 cm³/mol. The minimum atomic E-state index is 0.0474. The molecule has 0 amide bonds. The average molecular weight is 1260 g/mol. The van der Waals surface area contributed by atoms with Crippen molar-refractivity contribution in [2.75, 3.05) is 0 Å². The molecule has 96 heavy (non-hydrogen) atoms. The zero-order valence-corrected chi connectivity index (χ0v) is 60.6. The molecule has 0 bridgehead atoms. The Hall–Kier alpha value is -9.64. The average Bonchev–Trinajstić information content (AvgIpc) is 1.60. The lowest BCUT2D eigenvalue weighted by Crippen LogP contribution is -2.30. The Morgan fingerprint density at radius 1 is 0.219 bits per heavy atom. The molecule has 0 saturated heterocycles. The number of fused-ring (bicyclic) bond motifs is 12. The maximum absolute atomic E-state index is 2.42. The third-order valence-corrected chi connectivity index (χ3v) is 22.2. The summed E-state index contributed by atoms with van der Waals surface area (Å²) in [6.45, 7) is 36.5. The van der Waals surface area contributed by atoms with Gasteiger partial charge in [0.1, 0.15) is 28.2 Å². The van der Waals surface area contributed by atoms with E-state index in [2.05, 4.69) is 376 Å². The molecule has 0 radical (unpaired) electrons. The fourth-order valence-electron chi connectivity index (χ4n) is 16.8. The number of benzene rings is 8. The predicted octanol–water partition coefficient (Wildman–Crippen LogP) is 20.4. The Balaban J connectivity index is 0.000000116. The highest BCUT2D eigenvalue weighted by atomic mass is 14.9. The van der Waals surface area contributed by atoms with Crippen molar-refractivity contribution in [3.63, 3.8) is 0 Å². The quantitative estimate of drug-likeness (QED) is 0.156. The first kappa shape index (κ1) is 65.0. The number of pyridine rings is 4. The van der Waals surface area contributed by atoms with E-state index in [-0.39, 0.29) is 21.7 Å². The van der Waals surface area contributed by atoms with Crippen molar-refractivity contribution in [1.82, 2.24) is 0 Å². The van der Waals surface area contributed by atoms with Crippen LogP contribution in [0, 0.1) is 55.4 Å². The van der Waals surface area contributed by atoms with Gasteiger partial charge in [-0.05, 0) is 226 Å². The first-order chi connectivity index (χ1) is 45.6. The maximum Gasteiger partial charge on any atom is 0.212 e. The van der Waals surface area contributed by atoms with Crippen molar-refractivity contribution in [2.24, 2.45) is 28.2 Å². The molecule has 0 atom stereocenters. The molecule has 0 saturated carbocycles. The van der Waals surface area contributed by atoms with E-state index in [0.717, 1.165) is 0 Å². The van der Waals surface area contributed by atoms with Crippen LogP contribution in [0.1, 0.15) is 144 Å². The monoisotopic (exact) mass is 1260 g/mol. The molecule has 4 aliphatic rings. The second kappa shape index (κ2) is 24.2. The Labute approximate surface area is 573 Å². The number of hydrogen-bond donors (Lipinski definition) is 0. The van der Waals surface area contributed by atoms with Gasteiger partial charge in [-0.15, -0.1) is 0 Å². The van der Waals surface area contributed by atoms with E-state index < -0.39 is 0 Å². The molecule has 480 valence electrons. The van der Waals surface area contributed by atoms with Gasteiger partial charge in [0.05, 0.1) is 0 Å². The SMILES string of the molecule is Cc1cc2c(cc1-c1cccc[n+]1C)C(C)(C)c1c(C)cccc1-2.Cc1cc2c(cc1-c1cccc[n+]1C)C(C)(C)c1cccc(C)c1-2.Cc1ccc2c(c1)-c1cc(C)c(-c3cccc[n+]3C)cc1C2(C)C.Cc1ccc2c(c1)C(C)(C)c1cc(-c3cccc[n+]3C)c(C)cc1-2. The van der Waals surface area contributed by atoms with Crippen LogP contribution in [0.25, 0.3) is 89.5 Å². The summed E-state index contributed by atoms with van der Waals surface area (Å²) in [6.07, 6.45) is 8.47. The van der Waals surface area contributed by atoms with Gasteiger partial charge in [-0.25, -0.2) is 18.3 Å². The van der Waals surface area contributed by atoms with Crippen LogP contribution in [0.4, 0.5) is 0 Å². The van der Waals surface area contributed by atoms with Gasteiger partial charge < -0.3 is 0 Å². The molecule has 0 aliphatic heterocycles. The lowest BCUT2D eigenvalue weighted by molar-refractivity contribution is -0.660. The Kier molecular flexibility index (Phi) is 16.4. The van der Waals surface area contributed by atoms with E-state index in [9.17, 15) is 0 Å². The number of rotatable bonds is 4. The topological polar surface area (TPSA) is 15.5 Å². The summed E-state index contributed by atoms with van der Waals surface area (Å²) in [5.41, 5.74) is 44.2. The number of hydrogen-bond acceptors (Lipinski definition) is 0. The molecule has 8 aromatic carbocycles. The first-order valence-electron chi connectivity index (χ1n) is 34.5. The van der Waals surface area contributed by atoms with Crippen LogP contribution in [0.2, 0.25) is 0 Å². The van der Waals surface area contributed by atoms with E-state index >= 15 is 0 Å². The summed E-state index contributed by atoms with van der Waals surface area (Å²) in [4.78, 5) is 0. The van der Waals surface area contributed by atoms with E-state index in [0.29, 0.717) is 0 Å². The second-order valence-electron chi connectivity index (χ2n) is 30.2. The Morgan fingerprint density at radius 2 is 0.562 bits per heavy atom. The minimum absolute atomic E-state index is 0.0474. The minimum Gasteiger partial charge on any atom is -0.201 e. The van der Waals surface area contributed by atoms with Crippen LogP contribution in [0.15, 0.2) is 219 Å². The van der Waals surface area contributed by atoms with Crippen LogP contribution in [0.5, 0.6) is 0 Å². The highest BCUT2D eigenvalue weighted by molar-refractivity contribution is 5.89. The Morgan fingerprint density at radius 3 is 1.03 bits per heavy atom. The largest absolute Gasteiger partial charge is 0.212 e. The standard InChI is InChI=1S/4C23H24N/c1-15-9-8-10-19-22(15)18-13-16(2)17(14-20(18)23(19,3)4)21-11-6-7-12-24(21)5;1-15-9-8-10-17-19-13-16(2)18(21-11-6-7-12-24(21)5)14-20(19)23(3,4)22(15)17;1-15-9-10-20-18(12-15)19-13-16(2)17(14-21(19)23(20,3)4)22-8-6-7-11-24(22)5;1-15-9-10-17-19-13-16(2)18(22-8-6-7-11-24(22)5)14-21(19)23(3,4)20(17)12-15/h4*6-14H,1-5H3/q4*+1. The van der Waals surface area contributed by atoms with Crippen LogP contribution in [0.3, 0.4) is 0 Å². The summed E-state index contributed by atoms with van der Waals surface area (Å²) in [5.74, 6) is 0. The summed E-state index contributed by atoms with van der Waals surface area (Å²) in [6, 6.07) is 71.9. The van der Waals surface area contributed by atoms with Crippen molar-refractivity contribution in [1.29, 1.82) is 0 Å². The van der Waals surface area contributed by atoms with Crippen molar-refractivity contribution >= 4 is 0 Å². The van der Waals surface area contributed by atoms with Crippen LogP contribution >= 0.6 is 0 Å². The van der Waals surface area contributed by atoms with E-state index in [4.69, 9.17) is 0 Å². The summed E-state index contributed by atoms with van der Waals surface area (Å²) < 4.78 is 8.81. The molecule has 0 unspecified atom stereocenters. The zero-order valence-electron chi connectivity index (χ0n) is 60.6. The fourth-order valence-corrected chi connectivity index (χ4v) is 16.8. The first-order valence-corrected chi connectivity index (χ1v) is 34.5. The highest BCUT2D eigenvalue weighted by Crippen LogP contribution is 2.55. The molecule has 4 heterocycles. The van der Waals surface area contributed by atoms with Crippen molar-refractivity contribution in [3.05, 3.63) is 308 Å². The van der Waals surface area contributed by atoms with Gasteiger partial charge in [0.15, 0.2) is 24.8 Å². The molecular formula is C92H96N4+4. The molecule has 12 aromatic rings. The lowest BCUT2D eigenvalue weighted by atomic mass is 9.79. The summed E-state index contributed by atoms with van der Waals surface area (Å²) in [5, 5.41) is 0. The number of aromatic nitrogens is 4. The van der Waals surface area contributed by atoms with Crippen LogP contribution < -0.4 is 18.3 Å². The van der Waals surface area contributed by atoms with Crippen molar-refractivity contribution < 1.29 is 18.3 Å². The molecule has 0 spiro atoms. The van der Waals surface area contributed by atoms with Crippen LogP contribution in [-0.2, 0) is 49.9 Å². The highest BCUT2D eigenvalue weighted by Gasteiger charge is 2.41. The number of aryl methyl sites for hydroxylation is 12. The molecule has 16 rings (SSSR count). The van der Waals surface area contributed by atoms with Gasteiger partial charge in [0.25, 0.3) is 0 Å². The van der Waals surface area contributed by atoms with Gasteiger partial charge >= 0.3 is 0 Å². The molecule has 4 aliphatic carbocycles. The number of nitrogens with zero attached hydrogens (tertiary/aromatic N) is 4. The normalized spacial score (nSPS) is 14.4. The zero-order chi connectivity index (χ0) is 68.2. The molecular weight excluding hydrogens is 1160 g/mol. The van der Waals surface area contributed by atoms with Crippen molar-refractivity contribution in [3.8, 4) is 89.5 Å². The smallest absolute Gasteiger partial charge is 0.201 e. The molecule has 0 fully saturated rings. The van der Waals surface area contributed by atoms with E-state index in [1.807, 2.05) is 0 Å². The van der Waals surface area contributed by atoms with Gasteiger partial charge in [0, 0.05) is 92.4 Å². The molecule has 0 N–H and O–H groups in total.